The fourth-order valence-corrected chi connectivity index (χ4v) is 3.27. The minimum absolute atomic E-state index is 0.00969. The maximum atomic E-state index is 12.4. The minimum Gasteiger partial charge on any atom is -0.355 e. The number of fused-ring (bicyclic) bond motifs is 1. The normalized spacial score (nSPS) is 13.6. The van der Waals surface area contributed by atoms with E-state index in [9.17, 15) is 4.79 Å². The van der Waals surface area contributed by atoms with Gasteiger partial charge in [0.05, 0.1) is 5.25 Å². The Morgan fingerprint density at radius 1 is 1.12 bits per heavy atom. The zero-order valence-electron chi connectivity index (χ0n) is 13.7. The standard InChI is InChI=1S/C18H20N4OS/c1-13(15-8-4-3-5-9-15)12-19-17(23)14(2)24-18-21-20-16-10-6-7-11-22(16)18/h3-11,13-14H,12H2,1-2H3,(H,19,23). The molecule has 124 valence electrons. The molecule has 6 heteroatoms. The third-order valence-electron chi connectivity index (χ3n) is 3.88. The fraction of sp³-hybridized carbons (Fsp3) is 0.278. The van der Waals surface area contributed by atoms with E-state index in [4.69, 9.17) is 0 Å². The Balaban J connectivity index is 1.57. The van der Waals surface area contributed by atoms with Crippen LogP contribution in [0, 0.1) is 0 Å². The molecule has 2 aromatic heterocycles. The van der Waals surface area contributed by atoms with Gasteiger partial charge in [-0.15, -0.1) is 10.2 Å². The van der Waals surface area contributed by atoms with Crippen molar-refractivity contribution in [2.24, 2.45) is 0 Å². The molecule has 5 nitrogen and oxygen atoms in total. The van der Waals surface area contributed by atoms with E-state index in [0.717, 1.165) is 10.8 Å². The van der Waals surface area contributed by atoms with Gasteiger partial charge in [0.15, 0.2) is 10.8 Å². The van der Waals surface area contributed by atoms with E-state index in [1.54, 1.807) is 0 Å². The van der Waals surface area contributed by atoms with Gasteiger partial charge in [0, 0.05) is 12.7 Å². The zero-order valence-corrected chi connectivity index (χ0v) is 14.5. The highest BCUT2D eigenvalue weighted by Crippen LogP contribution is 2.22. The highest BCUT2D eigenvalue weighted by molar-refractivity contribution is 8.00. The van der Waals surface area contributed by atoms with Crippen molar-refractivity contribution in [2.45, 2.75) is 30.2 Å². The molecular weight excluding hydrogens is 320 g/mol. The van der Waals surface area contributed by atoms with Gasteiger partial charge < -0.3 is 5.32 Å². The molecule has 0 spiro atoms. The molecule has 0 aliphatic heterocycles. The Morgan fingerprint density at radius 3 is 2.67 bits per heavy atom. The van der Waals surface area contributed by atoms with Gasteiger partial charge in [-0.25, -0.2) is 0 Å². The number of carbonyl (C=O) groups excluding carboxylic acids is 1. The van der Waals surface area contributed by atoms with E-state index in [1.807, 2.05) is 53.9 Å². The molecule has 0 fully saturated rings. The van der Waals surface area contributed by atoms with Crippen molar-refractivity contribution in [1.29, 1.82) is 0 Å². The molecule has 3 rings (SSSR count). The SMILES string of the molecule is CC(Sc1nnc2ccccn12)C(=O)NCC(C)c1ccccc1. The van der Waals surface area contributed by atoms with Crippen LogP contribution in [0.3, 0.4) is 0 Å². The number of carbonyl (C=O) groups is 1. The van der Waals surface area contributed by atoms with Gasteiger partial charge in [-0.05, 0) is 30.5 Å². The Kier molecular flexibility index (Phi) is 5.15. The summed E-state index contributed by atoms with van der Waals surface area (Å²) in [6.45, 7) is 4.62. The molecule has 1 N–H and O–H groups in total. The Hall–Kier alpha value is -2.34. The van der Waals surface area contributed by atoms with Crippen molar-refractivity contribution >= 4 is 23.3 Å². The first-order valence-electron chi connectivity index (χ1n) is 7.94. The van der Waals surface area contributed by atoms with Crippen LogP contribution in [0.15, 0.2) is 59.9 Å². The predicted molar refractivity (Wildman–Crippen MR) is 96.2 cm³/mol. The summed E-state index contributed by atoms with van der Waals surface area (Å²) in [5.41, 5.74) is 2.01. The first-order valence-corrected chi connectivity index (χ1v) is 8.82. The van der Waals surface area contributed by atoms with Crippen LogP contribution >= 0.6 is 11.8 Å². The molecule has 2 atom stereocenters. The number of nitrogens with zero attached hydrogens (tertiary/aromatic N) is 3. The summed E-state index contributed by atoms with van der Waals surface area (Å²) in [7, 11) is 0. The summed E-state index contributed by atoms with van der Waals surface area (Å²) in [6, 6.07) is 15.9. The molecule has 2 heterocycles. The third kappa shape index (κ3) is 3.76. The Labute approximate surface area is 145 Å². The molecule has 24 heavy (non-hydrogen) atoms. The van der Waals surface area contributed by atoms with Gasteiger partial charge in [0.2, 0.25) is 5.91 Å². The second kappa shape index (κ2) is 7.49. The maximum Gasteiger partial charge on any atom is 0.233 e. The van der Waals surface area contributed by atoms with E-state index >= 15 is 0 Å². The lowest BCUT2D eigenvalue weighted by molar-refractivity contribution is -0.120. The monoisotopic (exact) mass is 340 g/mol. The number of aromatic nitrogens is 3. The molecule has 0 saturated heterocycles. The summed E-state index contributed by atoms with van der Waals surface area (Å²) in [4.78, 5) is 12.4. The van der Waals surface area contributed by atoms with Crippen LogP contribution in [0.4, 0.5) is 0 Å². The Bertz CT molecular complexity index is 818. The molecule has 1 amide bonds. The van der Waals surface area contributed by atoms with Crippen LogP contribution in [0.1, 0.15) is 25.3 Å². The lowest BCUT2D eigenvalue weighted by Gasteiger charge is -2.15. The van der Waals surface area contributed by atoms with Crippen molar-refractivity contribution in [2.75, 3.05) is 6.54 Å². The van der Waals surface area contributed by atoms with Crippen LogP contribution < -0.4 is 5.32 Å². The van der Waals surface area contributed by atoms with Gasteiger partial charge in [0.1, 0.15) is 0 Å². The summed E-state index contributed by atoms with van der Waals surface area (Å²) in [5, 5.41) is 11.8. The summed E-state index contributed by atoms with van der Waals surface area (Å²) < 4.78 is 1.89. The van der Waals surface area contributed by atoms with E-state index in [2.05, 4.69) is 34.6 Å². The second-order valence-electron chi connectivity index (χ2n) is 5.73. The molecule has 0 radical (unpaired) electrons. The number of rotatable bonds is 6. The number of hydrogen-bond donors (Lipinski definition) is 1. The highest BCUT2D eigenvalue weighted by atomic mass is 32.2. The van der Waals surface area contributed by atoms with Crippen molar-refractivity contribution < 1.29 is 4.79 Å². The predicted octanol–water partition coefficient (Wildman–Crippen LogP) is 3.13. The lowest BCUT2D eigenvalue weighted by atomic mass is 10.0. The van der Waals surface area contributed by atoms with E-state index < -0.39 is 0 Å². The van der Waals surface area contributed by atoms with Gasteiger partial charge in [-0.1, -0.05) is 55.1 Å². The molecule has 0 aliphatic rings. The number of pyridine rings is 1. The average molecular weight is 340 g/mol. The molecule has 1 aromatic carbocycles. The van der Waals surface area contributed by atoms with Crippen molar-refractivity contribution in [3.05, 3.63) is 60.3 Å². The first kappa shape index (κ1) is 16.5. The minimum atomic E-state index is -0.236. The molecule has 0 bridgehead atoms. The van der Waals surface area contributed by atoms with E-state index in [0.29, 0.717) is 6.54 Å². The van der Waals surface area contributed by atoms with E-state index in [1.165, 1.54) is 17.3 Å². The van der Waals surface area contributed by atoms with Crippen molar-refractivity contribution in [1.82, 2.24) is 19.9 Å². The van der Waals surface area contributed by atoms with E-state index in [-0.39, 0.29) is 17.1 Å². The van der Waals surface area contributed by atoms with Crippen LogP contribution in [0.25, 0.3) is 5.65 Å². The topological polar surface area (TPSA) is 59.3 Å². The average Bonchev–Trinajstić information content (AvgIpc) is 3.03. The van der Waals surface area contributed by atoms with Gasteiger partial charge in [-0.3, -0.25) is 9.20 Å². The highest BCUT2D eigenvalue weighted by Gasteiger charge is 2.18. The zero-order chi connectivity index (χ0) is 16.9. The largest absolute Gasteiger partial charge is 0.355 e. The van der Waals surface area contributed by atoms with Crippen molar-refractivity contribution in [3.63, 3.8) is 0 Å². The van der Waals surface area contributed by atoms with Gasteiger partial charge in [0.25, 0.3) is 0 Å². The number of nitrogens with one attached hydrogen (secondary N) is 1. The molecule has 2 unspecified atom stereocenters. The number of benzene rings is 1. The summed E-state index contributed by atoms with van der Waals surface area (Å²) in [6.07, 6.45) is 1.90. The quantitative estimate of drug-likeness (QED) is 0.701. The maximum absolute atomic E-state index is 12.4. The fourth-order valence-electron chi connectivity index (χ4n) is 2.41. The van der Waals surface area contributed by atoms with Crippen LogP contribution in [0.5, 0.6) is 0 Å². The van der Waals surface area contributed by atoms with Gasteiger partial charge >= 0.3 is 0 Å². The molecule has 0 aliphatic carbocycles. The summed E-state index contributed by atoms with van der Waals surface area (Å²) in [5.74, 6) is 0.289. The molecule has 0 saturated carbocycles. The third-order valence-corrected chi connectivity index (χ3v) is 4.94. The summed E-state index contributed by atoms with van der Waals surface area (Å²) >= 11 is 1.41. The number of thioether (sulfide) groups is 1. The first-order chi connectivity index (χ1) is 11.6. The lowest BCUT2D eigenvalue weighted by Crippen LogP contribution is -2.33. The number of amides is 1. The van der Waals surface area contributed by atoms with Crippen LogP contribution in [0.2, 0.25) is 0 Å². The second-order valence-corrected chi connectivity index (χ2v) is 7.04. The molecule has 3 aromatic rings. The number of hydrogen-bond acceptors (Lipinski definition) is 4. The molecular formula is C18H20N4OS. The van der Waals surface area contributed by atoms with Crippen molar-refractivity contribution in [3.8, 4) is 0 Å². The van der Waals surface area contributed by atoms with Crippen LogP contribution in [-0.2, 0) is 4.79 Å². The van der Waals surface area contributed by atoms with Gasteiger partial charge in [-0.2, -0.15) is 0 Å². The van der Waals surface area contributed by atoms with Crippen LogP contribution in [-0.4, -0.2) is 32.3 Å². The Morgan fingerprint density at radius 2 is 1.88 bits per heavy atom. The smallest absolute Gasteiger partial charge is 0.233 e.